The molecule has 0 unspecified atom stereocenters. The smallest absolute Gasteiger partial charge is 0.0968 e. The lowest BCUT2D eigenvalue weighted by Crippen LogP contribution is -2.28. The average Bonchev–Trinajstić information content (AvgIpc) is 2.99. The molecule has 1 saturated carbocycles. The van der Waals surface area contributed by atoms with E-state index in [2.05, 4.69) is 23.7 Å². The summed E-state index contributed by atoms with van der Waals surface area (Å²) in [7, 11) is 0. The summed E-state index contributed by atoms with van der Waals surface area (Å²) < 4.78 is 0. The van der Waals surface area contributed by atoms with Crippen LogP contribution in [0.2, 0.25) is 0 Å². The molecule has 1 aliphatic rings. The molecule has 0 amide bonds. The van der Waals surface area contributed by atoms with Crippen molar-refractivity contribution in [3.05, 3.63) is 0 Å². The summed E-state index contributed by atoms with van der Waals surface area (Å²) in [5, 5.41) is 0. The lowest BCUT2D eigenvalue weighted by molar-refractivity contribution is 0.297. The Kier molecular flexibility index (Phi) is 4.94. The second kappa shape index (κ2) is 6.02. The van der Waals surface area contributed by atoms with Gasteiger partial charge in [0.15, 0.2) is 0 Å². The van der Waals surface area contributed by atoms with Gasteiger partial charge in [0.05, 0.1) is 12.4 Å². The SMILES string of the molecule is CCCN(CC)CCN=C(N)C1CC1. The molecule has 1 rings (SSSR count). The van der Waals surface area contributed by atoms with Gasteiger partial charge in [-0.05, 0) is 32.4 Å². The maximum Gasteiger partial charge on any atom is 0.0968 e. The minimum absolute atomic E-state index is 0.622. The van der Waals surface area contributed by atoms with E-state index >= 15 is 0 Å². The highest BCUT2D eigenvalue weighted by Crippen LogP contribution is 2.28. The molecule has 3 nitrogen and oxygen atoms in total. The third-order valence-electron chi connectivity index (χ3n) is 2.69. The first kappa shape index (κ1) is 11.5. The predicted octanol–water partition coefficient (Wildman–Crippen LogP) is 1.49. The monoisotopic (exact) mass is 197 g/mol. The molecule has 0 bridgehead atoms. The van der Waals surface area contributed by atoms with E-state index in [0.717, 1.165) is 25.5 Å². The highest BCUT2D eigenvalue weighted by Gasteiger charge is 2.24. The fourth-order valence-electron chi connectivity index (χ4n) is 1.57. The molecule has 0 atom stereocenters. The average molecular weight is 197 g/mol. The van der Waals surface area contributed by atoms with Gasteiger partial charge in [-0.25, -0.2) is 0 Å². The lowest BCUT2D eigenvalue weighted by atomic mass is 10.4. The fraction of sp³-hybridized carbons (Fsp3) is 0.909. The Balaban J connectivity index is 2.14. The second-order valence-electron chi connectivity index (χ2n) is 4.02. The number of nitrogens with zero attached hydrogens (tertiary/aromatic N) is 2. The zero-order valence-electron chi connectivity index (χ0n) is 9.50. The second-order valence-corrected chi connectivity index (χ2v) is 4.02. The molecule has 0 spiro atoms. The van der Waals surface area contributed by atoms with Crippen molar-refractivity contribution in [3.63, 3.8) is 0 Å². The number of likely N-dealkylation sites (N-methyl/N-ethyl adjacent to an activating group) is 1. The van der Waals surface area contributed by atoms with E-state index < -0.39 is 0 Å². The van der Waals surface area contributed by atoms with Crippen molar-refractivity contribution in [1.29, 1.82) is 0 Å². The summed E-state index contributed by atoms with van der Waals surface area (Å²) in [5.41, 5.74) is 5.81. The van der Waals surface area contributed by atoms with Gasteiger partial charge in [0.2, 0.25) is 0 Å². The summed E-state index contributed by atoms with van der Waals surface area (Å²) in [4.78, 5) is 6.83. The standard InChI is InChI=1S/C11H23N3/c1-3-8-14(4-2)9-7-13-11(12)10-5-6-10/h10H,3-9H2,1-2H3,(H2,12,13). The van der Waals surface area contributed by atoms with Crippen LogP contribution < -0.4 is 5.73 Å². The summed E-state index contributed by atoms with van der Waals surface area (Å²) >= 11 is 0. The van der Waals surface area contributed by atoms with E-state index in [1.807, 2.05) is 0 Å². The fourth-order valence-corrected chi connectivity index (χ4v) is 1.57. The highest BCUT2D eigenvalue weighted by atomic mass is 15.1. The molecule has 1 aliphatic carbocycles. The van der Waals surface area contributed by atoms with Crippen molar-refractivity contribution < 1.29 is 0 Å². The van der Waals surface area contributed by atoms with Gasteiger partial charge in [-0.15, -0.1) is 0 Å². The zero-order valence-corrected chi connectivity index (χ0v) is 9.50. The summed E-state index contributed by atoms with van der Waals surface area (Å²) in [6.07, 6.45) is 3.72. The number of hydrogen-bond donors (Lipinski definition) is 1. The van der Waals surface area contributed by atoms with Gasteiger partial charge >= 0.3 is 0 Å². The van der Waals surface area contributed by atoms with Crippen LogP contribution in [0.15, 0.2) is 4.99 Å². The van der Waals surface area contributed by atoms with Crippen LogP contribution in [0.5, 0.6) is 0 Å². The Morgan fingerprint density at radius 1 is 1.36 bits per heavy atom. The topological polar surface area (TPSA) is 41.6 Å². The van der Waals surface area contributed by atoms with E-state index in [4.69, 9.17) is 5.73 Å². The first-order valence-corrected chi connectivity index (χ1v) is 5.80. The molecule has 1 fully saturated rings. The van der Waals surface area contributed by atoms with Crippen LogP contribution in [0.1, 0.15) is 33.1 Å². The lowest BCUT2D eigenvalue weighted by Gasteiger charge is -2.17. The molecule has 0 aromatic heterocycles. The zero-order chi connectivity index (χ0) is 10.4. The van der Waals surface area contributed by atoms with E-state index in [1.54, 1.807) is 0 Å². The number of amidine groups is 1. The van der Waals surface area contributed by atoms with Gasteiger partial charge in [0.25, 0.3) is 0 Å². The van der Waals surface area contributed by atoms with Crippen molar-refractivity contribution >= 4 is 5.84 Å². The molecule has 82 valence electrons. The normalized spacial score (nSPS) is 17.8. The largest absolute Gasteiger partial charge is 0.387 e. The third-order valence-corrected chi connectivity index (χ3v) is 2.69. The summed E-state index contributed by atoms with van der Waals surface area (Å²) in [6, 6.07) is 0. The van der Waals surface area contributed by atoms with Crippen molar-refractivity contribution in [2.45, 2.75) is 33.1 Å². The molecule has 14 heavy (non-hydrogen) atoms. The number of hydrogen-bond acceptors (Lipinski definition) is 2. The maximum atomic E-state index is 5.81. The Hall–Kier alpha value is -0.570. The number of rotatable bonds is 7. The molecular formula is C11H23N3. The maximum absolute atomic E-state index is 5.81. The quantitative estimate of drug-likeness (QED) is 0.496. The summed E-state index contributed by atoms with van der Waals surface area (Å²) in [5.74, 6) is 1.51. The van der Waals surface area contributed by atoms with E-state index in [-0.39, 0.29) is 0 Å². The van der Waals surface area contributed by atoms with Crippen LogP contribution in [0, 0.1) is 5.92 Å². The Bertz CT molecular complexity index is 185. The number of aliphatic imine (C=N–C) groups is 1. The molecule has 2 N–H and O–H groups in total. The third kappa shape index (κ3) is 4.09. The molecule has 0 aromatic carbocycles. The predicted molar refractivity (Wildman–Crippen MR) is 61.6 cm³/mol. The van der Waals surface area contributed by atoms with Crippen molar-refractivity contribution in [2.75, 3.05) is 26.2 Å². The van der Waals surface area contributed by atoms with Crippen LogP contribution >= 0.6 is 0 Å². The molecule has 0 saturated heterocycles. The Morgan fingerprint density at radius 2 is 2.07 bits per heavy atom. The van der Waals surface area contributed by atoms with Crippen molar-refractivity contribution in [3.8, 4) is 0 Å². The molecule has 0 aromatic rings. The van der Waals surface area contributed by atoms with Crippen LogP contribution in [0.25, 0.3) is 0 Å². The first-order valence-electron chi connectivity index (χ1n) is 5.80. The number of nitrogens with two attached hydrogens (primary N) is 1. The molecule has 0 radical (unpaired) electrons. The van der Waals surface area contributed by atoms with Crippen LogP contribution in [0.3, 0.4) is 0 Å². The summed E-state index contributed by atoms with van der Waals surface area (Å²) in [6.45, 7) is 8.63. The van der Waals surface area contributed by atoms with E-state index in [1.165, 1.54) is 25.8 Å². The van der Waals surface area contributed by atoms with Gasteiger partial charge in [-0.3, -0.25) is 4.99 Å². The Labute approximate surface area is 87.4 Å². The highest BCUT2D eigenvalue weighted by molar-refractivity contribution is 5.84. The molecular weight excluding hydrogens is 174 g/mol. The van der Waals surface area contributed by atoms with E-state index in [0.29, 0.717) is 5.92 Å². The van der Waals surface area contributed by atoms with Gasteiger partial charge in [0, 0.05) is 12.5 Å². The van der Waals surface area contributed by atoms with E-state index in [9.17, 15) is 0 Å². The van der Waals surface area contributed by atoms with Gasteiger partial charge in [-0.2, -0.15) is 0 Å². The minimum atomic E-state index is 0.622. The van der Waals surface area contributed by atoms with Crippen LogP contribution in [-0.4, -0.2) is 36.9 Å². The first-order chi connectivity index (χ1) is 6.77. The van der Waals surface area contributed by atoms with Gasteiger partial charge in [0.1, 0.15) is 0 Å². The van der Waals surface area contributed by atoms with Crippen LogP contribution in [-0.2, 0) is 0 Å². The van der Waals surface area contributed by atoms with Crippen LogP contribution in [0.4, 0.5) is 0 Å². The molecule has 3 heteroatoms. The van der Waals surface area contributed by atoms with Crippen molar-refractivity contribution in [2.24, 2.45) is 16.6 Å². The van der Waals surface area contributed by atoms with Gasteiger partial charge < -0.3 is 10.6 Å². The Morgan fingerprint density at radius 3 is 2.57 bits per heavy atom. The van der Waals surface area contributed by atoms with Crippen molar-refractivity contribution in [1.82, 2.24) is 4.90 Å². The molecule has 0 aliphatic heterocycles. The minimum Gasteiger partial charge on any atom is -0.387 e. The molecule has 0 heterocycles. The van der Waals surface area contributed by atoms with Gasteiger partial charge in [-0.1, -0.05) is 13.8 Å².